The van der Waals surface area contributed by atoms with Crippen molar-refractivity contribution in [1.82, 2.24) is 10.3 Å². The molecule has 0 saturated carbocycles. The highest BCUT2D eigenvalue weighted by atomic mass is 35.5. The lowest BCUT2D eigenvalue weighted by Crippen LogP contribution is -2.26. The maximum atomic E-state index is 12.9. The van der Waals surface area contributed by atoms with Gasteiger partial charge in [-0.05, 0) is 12.5 Å². The molecule has 1 rings (SSSR count). The average molecular weight is 295 g/mol. The van der Waals surface area contributed by atoms with Gasteiger partial charge in [-0.15, -0.1) is 0 Å². The van der Waals surface area contributed by atoms with Gasteiger partial charge in [0.25, 0.3) is 5.91 Å². The molecule has 0 aliphatic rings. The summed E-state index contributed by atoms with van der Waals surface area (Å²) < 4.78 is 34.6. The van der Waals surface area contributed by atoms with Gasteiger partial charge in [-0.25, -0.2) is 17.8 Å². The molecule has 0 atom stereocenters. The highest BCUT2D eigenvalue weighted by Gasteiger charge is 2.12. The van der Waals surface area contributed by atoms with Crippen LogP contribution in [0, 0.1) is 5.82 Å². The molecule has 0 spiro atoms. The van der Waals surface area contributed by atoms with Crippen LogP contribution in [0.5, 0.6) is 0 Å². The first-order chi connectivity index (χ1) is 8.29. The fourth-order valence-corrected chi connectivity index (χ4v) is 2.07. The van der Waals surface area contributed by atoms with Crippen molar-refractivity contribution in [3.05, 3.63) is 28.8 Å². The second kappa shape index (κ2) is 6.10. The molecule has 1 amide bonds. The third-order valence-electron chi connectivity index (χ3n) is 2.03. The number of hydrogen-bond acceptors (Lipinski definition) is 4. The Balaban J connectivity index is 2.53. The molecule has 100 valence electrons. The predicted molar refractivity (Wildman–Crippen MR) is 65.9 cm³/mol. The number of hydrogen-bond donors (Lipinski definition) is 1. The zero-order valence-electron chi connectivity index (χ0n) is 9.61. The molecule has 1 aromatic rings. The SMILES string of the molecule is CS(=O)(=O)CCCNC(=O)c1cc(F)cnc1Cl. The summed E-state index contributed by atoms with van der Waals surface area (Å²) in [7, 11) is -3.05. The first kappa shape index (κ1) is 14.8. The van der Waals surface area contributed by atoms with Crippen molar-refractivity contribution in [2.24, 2.45) is 0 Å². The second-order valence-corrected chi connectivity index (χ2v) is 6.35. The molecule has 0 aliphatic carbocycles. The molecule has 1 aromatic heterocycles. The van der Waals surface area contributed by atoms with E-state index >= 15 is 0 Å². The van der Waals surface area contributed by atoms with E-state index in [0.717, 1.165) is 18.5 Å². The molecule has 0 fully saturated rings. The average Bonchev–Trinajstić information content (AvgIpc) is 2.26. The number of carbonyl (C=O) groups excluding carboxylic acids is 1. The summed E-state index contributed by atoms with van der Waals surface area (Å²) in [5.41, 5.74) is -0.0731. The van der Waals surface area contributed by atoms with Crippen LogP contribution >= 0.6 is 11.6 Å². The Hall–Kier alpha value is -1.21. The van der Waals surface area contributed by atoms with Crippen molar-refractivity contribution in [2.45, 2.75) is 6.42 Å². The normalized spacial score (nSPS) is 11.3. The molecule has 0 radical (unpaired) electrons. The molecule has 0 saturated heterocycles. The summed E-state index contributed by atoms with van der Waals surface area (Å²) in [5, 5.41) is 2.35. The Morgan fingerprint density at radius 3 is 2.83 bits per heavy atom. The van der Waals surface area contributed by atoms with Gasteiger partial charge in [-0.2, -0.15) is 0 Å². The fraction of sp³-hybridized carbons (Fsp3) is 0.400. The minimum Gasteiger partial charge on any atom is -0.352 e. The van der Waals surface area contributed by atoms with E-state index in [-0.39, 0.29) is 29.4 Å². The summed E-state index contributed by atoms with van der Waals surface area (Å²) in [4.78, 5) is 15.1. The van der Waals surface area contributed by atoms with Crippen LogP contribution in [0.25, 0.3) is 0 Å². The molecule has 8 heteroatoms. The van der Waals surface area contributed by atoms with E-state index < -0.39 is 21.6 Å². The number of halogens is 2. The van der Waals surface area contributed by atoms with Crippen LogP contribution in [0.15, 0.2) is 12.3 Å². The van der Waals surface area contributed by atoms with E-state index in [9.17, 15) is 17.6 Å². The van der Waals surface area contributed by atoms with E-state index in [0.29, 0.717) is 0 Å². The number of aromatic nitrogens is 1. The molecule has 1 heterocycles. The molecule has 0 aromatic carbocycles. The van der Waals surface area contributed by atoms with Gasteiger partial charge in [-0.1, -0.05) is 11.6 Å². The first-order valence-corrected chi connectivity index (χ1v) is 7.50. The molecule has 1 N–H and O–H groups in total. The van der Waals surface area contributed by atoms with Gasteiger partial charge in [0.1, 0.15) is 20.8 Å². The lowest BCUT2D eigenvalue weighted by atomic mass is 10.2. The molecule has 0 aliphatic heterocycles. The van der Waals surface area contributed by atoms with E-state index in [4.69, 9.17) is 11.6 Å². The summed E-state index contributed by atoms with van der Waals surface area (Å²) in [6.45, 7) is 0.165. The first-order valence-electron chi connectivity index (χ1n) is 5.06. The standard InChI is InChI=1S/C10H12ClFN2O3S/c1-18(16,17)4-2-3-13-10(15)8-5-7(12)6-14-9(8)11/h5-6H,2-4H2,1H3,(H,13,15). The molecule has 0 bridgehead atoms. The van der Waals surface area contributed by atoms with Crippen LogP contribution in [0.4, 0.5) is 4.39 Å². The zero-order chi connectivity index (χ0) is 13.8. The fourth-order valence-electron chi connectivity index (χ4n) is 1.21. The quantitative estimate of drug-likeness (QED) is 0.650. The Bertz CT molecular complexity index is 548. The van der Waals surface area contributed by atoms with E-state index in [1.807, 2.05) is 0 Å². The molecule has 5 nitrogen and oxygen atoms in total. The summed E-state index contributed by atoms with van der Waals surface area (Å²) in [6, 6.07) is 0.973. The Kier molecular flexibility index (Phi) is 5.03. The monoisotopic (exact) mass is 294 g/mol. The molecular formula is C10H12ClFN2O3S. The van der Waals surface area contributed by atoms with Crippen LogP contribution in [0.2, 0.25) is 5.15 Å². The highest BCUT2D eigenvalue weighted by Crippen LogP contribution is 2.13. The van der Waals surface area contributed by atoms with Crippen LogP contribution in [0.1, 0.15) is 16.8 Å². The third-order valence-corrected chi connectivity index (χ3v) is 3.36. The van der Waals surface area contributed by atoms with Crippen LogP contribution in [0.3, 0.4) is 0 Å². The Labute approximate surface area is 109 Å². The Morgan fingerprint density at radius 2 is 2.22 bits per heavy atom. The van der Waals surface area contributed by atoms with Crippen LogP contribution in [-0.2, 0) is 9.84 Å². The number of rotatable bonds is 5. The summed E-state index contributed by atoms with van der Waals surface area (Å²) >= 11 is 5.64. The van der Waals surface area contributed by atoms with Crippen molar-refractivity contribution in [1.29, 1.82) is 0 Å². The topological polar surface area (TPSA) is 76.1 Å². The minimum absolute atomic E-state index is 0.0254. The summed E-state index contributed by atoms with van der Waals surface area (Å²) in [6.07, 6.45) is 2.30. The van der Waals surface area contributed by atoms with Crippen LogP contribution in [-0.4, -0.2) is 37.9 Å². The van der Waals surface area contributed by atoms with Gasteiger partial charge in [0.05, 0.1) is 17.5 Å². The van der Waals surface area contributed by atoms with Crippen molar-refractivity contribution >= 4 is 27.3 Å². The van der Waals surface area contributed by atoms with Gasteiger partial charge in [0.15, 0.2) is 0 Å². The van der Waals surface area contributed by atoms with Gasteiger partial charge in [0.2, 0.25) is 0 Å². The molecule has 18 heavy (non-hydrogen) atoms. The highest BCUT2D eigenvalue weighted by molar-refractivity contribution is 7.90. The third kappa shape index (κ3) is 4.97. The largest absolute Gasteiger partial charge is 0.352 e. The van der Waals surface area contributed by atoms with E-state index in [1.54, 1.807) is 0 Å². The van der Waals surface area contributed by atoms with Crippen molar-refractivity contribution in [3.8, 4) is 0 Å². The second-order valence-electron chi connectivity index (χ2n) is 3.73. The number of amides is 1. The smallest absolute Gasteiger partial charge is 0.254 e. The minimum atomic E-state index is -3.05. The maximum absolute atomic E-state index is 12.9. The number of nitrogens with zero attached hydrogens (tertiary/aromatic N) is 1. The van der Waals surface area contributed by atoms with E-state index in [1.165, 1.54) is 0 Å². The van der Waals surface area contributed by atoms with Crippen LogP contribution < -0.4 is 5.32 Å². The number of sulfone groups is 1. The number of nitrogens with one attached hydrogen (secondary N) is 1. The van der Waals surface area contributed by atoms with E-state index in [2.05, 4.69) is 10.3 Å². The maximum Gasteiger partial charge on any atom is 0.254 e. The van der Waals surface area contributed by atoms with Gasteiger partial charge >= 0.3 is 0 Å². The van der Waals surface area contributed by atoms with Gasteiger partial charge in [0, 0.05) is 12.8 Å². The van der Waals surface area contributed by atoms with Crippen molar-refractivity contribution < 1.29 is 17.6 Å². The van der Waals surface area contributed by atoms with Crippen molar-refractivity contribution in [2.75, 3.05) is 18.6 Å². The molecule has 0 unspecified atom stereocenters. The zero-order valence-corrected chi connectivity index (χ0v) is 11.2. The Morgan fingerprint density at radius 1 is 1.56 bits per heavy atom. The predicted octanol–water partition coefficient (Wildman–Crippen LogP) is 1.04. The number of carbonyl (C=O) groups is 1. The van der Waals surface area contributed by atoms with Crippen molar-refractivity contribution in [3.63, 3.8) is 0 Å². The lowest BCUT2D eigenvalue weighted by Gasteiger charge is -2.05. The summed E-state index contributed by atoms with van der Waals surface area (Å²) in [5.74, 6) is -1.27. The molecular weight excluding hydrogens is 283 g/mol. The number of pyridine rings is 1. The van der Waals surface area contributed by atoms with Gasteiger partial charge in [-0.3, -0.25) is 4.79 Å². The van der Waals surface area contributed by atoms with Gasteiger partial charge < -0.3 is 5.32 Å². The lowest BCUT2D eigenvalue weighted by molar-refractivity contribution is 0.0953.